The van der Waals surface area contributed by atoms with Crippen LogP contribution in [0.2, 0.25) is 5.02 Å². The highest BCUT2D eigenvalue weighted by Gasteiger charge is 2.40. The van der Waals surface area contributed by atoms with Crippen molar-refractivity contribution in [2.24, 2.45) is 10.9 Å². The van der Waals surface area contributed by atoms with Crippen molar-refractivity contribution in [3.8, 4) is 0 Å². The summed E-state index contributed by atoms with van der Waals surface area (Å²) in [7, 11) is 1.55. The standard InChI is InChI=1S/C24H24ClF2N3O/c1-6-17-11-20(12-29(24(17)28-5)16(4)23(26)27)30-15(3)21(13-31)14(2)22(30)18-7-9-19(25)10-8-18/h7-13,21-23H,2-4,6H2,1,5H3. The van der Waals surface area contributed by atoms with E-state index in [0.717, 1.165) is 17.4 Å². The van der Waals surface area contributed by atoms with Gasteiger partial charge >= 0.3 is 0 Å². The van der Waals surface area contributed by atoms with E-state index in [1.165, 1.54) is 4.57 Å². The molecule has 0 amide bonds. The van der Waals surface area contributed by atoms with E-state index < -0.39 is 18.4 Å². The molecule has 2 aromatic rings. The van der Waals surface area contributed by atoms with Crippen molar-refractivity contribution >= 4 is 29.3 Å². The first kappa shape index (κ1) is 22.7. The van der Waals surface area contributed by atoms with E-state index in [1.54, 1.807) is 25.4 Å². The molecule has 2 heterocycles. The first-order valence-corrected chi connectivity index (χ1v) is 10.2. The minimum atomic E-state index is -2.75. The molecule has 1 saturated heterocycles. The van der Waals surface area contributed by atoms with E-state index in [-0.39, 0.29) is 5.70 Å². The summed E-state index contributed by atoms with van der Waals surface area (Å²) in [6, 6.07) is 8.71. The maximum absolute atomic E-state index is 13.5. The number of rotatable bonds is 6. The number of carbonyl (C=O) groups is 1. The second kappa shape index (κ2) is 9.02. The van der Waals surface area contributed by atoms with Gasteiger partial charge in [-0.05, 0) is 41.3 Å². The second-order valence-electron chi connectivity index (χ2n) is 7.29. The molecule has 7 heteroatoms. The summed E-state index contributed by atoms with van der Waals surface area (Å²) >= 11 is 6.05. The molecule has 0 spiro atoms. The number of pyridine rings is 1. The molecule has 1 aromatic heterocycles. The summed E-state index contributed by atoms with van der Waals surface area (Å²) in [5, 5.41) is 0.581. The summed E-state index contributed by atoms with van der Waals surface area (Å²) in [6.07, 6.45) is 0.180. The van der Waals surface area contributed by atoms with Gasteiger partial charge in [-0.25, -0.2) is 8.78 Å². The number of anilines is 1. The molecule has 0 N–H and O–H groups in total. The van der Waals surface area contributed by atoms with E-state index in [0.29, 0.717) is 33.9 Å². The van der Waals surface area contributed by atoms with Crippen LogP contribution in [0.25, 0.3) is 5.70 Å². The Morgan fingerprint density at radius 3 is 2.45 bits per heavy atom. The van der Waals surface area contributed by atoms with Crippen molar-refractivity contribution in [1.82, 2.24) is 4.57 Å². The number of carbonyl (C=O) groups excluding carboxylic acids is 1. The molecule has 0 bridgehead atoms. The molecule has 31 heavy (non-hydrogen) atoms. The van der Waals surface area contributed by atoms with Crippen LogP contribution >= 0.6 is 11.6 Å². The Morgan fingerprint density at radius 1 is 1.29 bits per heavy atom. The third-order valence-corrected chi connectivity index (χ3v) is 5.78. The smallest absolute Gasteiger partial charge is 0.278 e. The Morgan fingerprint density at radius 2 is 1.94 bits per heavy atom. The van der Waals surface area contributed by atoms with E-state index in [1.807, 2.05) is 30.0 Å². The monoisotopic (exact) mass is 443 g/mol. The molecule has 2 unspecified atom stereocenters. The normalized spacial score (nSPS) is 19.4. The lowest BCUT2D eigenvalue weighted by Crippen LogP contribution is -2.29. The lowest BCUT2D eigenvalue weighted by atomic mass is 9.95. The van der Waals surface area contributed by atoms with Crippen molar-refractivity contribution in [2.45, 2.75) is 25.8 Å². The molecule has 4 nitrogen and oxygen atoms in total. The van der Waals surface area contributed by atoms with E-state index in [9.17, 15) is 13.6 Å². The number of aryl methyl sites for hydroxylation is 1. The first-order valence-electron chi connectivity index (χ1n) is 9.78. The highest BCUT2D eigenvalue weighted by molar-refractivity contribution is 6.30. The second-order valence-corrected chi connectivity index (χ2v) is 7.73. The fourth-order valence-electron chi connectivity index (χ4n) is 3.95. The van der Waals surface area contributed by atoms with Gasteiger partial charge in [0.1, 0.15) is 11.8 Å². The number of nitrogens with zero attached hydrogens (tertiary/aromatic N) is 3. The lowest BCUT2D eigenvalue weighted by Gasteiger charge is -2.29. The van der Waals surface area contributed by atoms with Crippen LogP contribution in [0.5, 0.6) is 0 Å². The fraction of sp³-hybridized carbons (Fsp3) is 0.250. The predicted octanol–water partition coefficient (Wildman–Crippen LogP) is 5.42. The third kappa shape index (κ3) is 4.00. The van der Waals surface area contributed by atoms with E-state index in [2.05, 4.69) is 24.7 Å². The Kier molecular flexibility index (Phi) is 6.60. The SMILES string of the molecule is C=C1C(C=O)C(=C)N(c2cc(CC)c(=NC)n(C(=C)C(F)F)c2)C1c1ccc(Cl)cc1. The van der Waals surface area contributed by atoms with Gasteiger partial charge in [0, 0.05) is 24.0 Å². The number of hydrogen-bond donors (Lipinski definition) is 0. The van der Waals surface area contributed by atoms with Crippen LogP contribution in [-0.4, -0.2) is 24.3 Å². The number of alkyl halides is 2. The Hall–Kier alpha value is -2.99. The molecule has 1 aliphatic rings. The molecule has 1 aromatic carbocycles. The zero-order chi connectivity index (χ0) is 22.9. The molecule has 1 aliphatic heterocycles. The lowest BCUT2D eigenvalue weighted by molar-refractivity contribution is -0.109. The van der Waals surface area contributed by atoms with Crippen LogP contribution in [0.1, 0.15) is 24.1 Å². The average molecular weight is 444 g/mol. The van der Waals surface area contributed by atoms with Crippen LogP contribution < -0.4 is 10.4 Å². The molecule has 0 radical (unpaired) electrons. The molecule has 2 atom stereocenters. The van der Waals surface area contributed by atoms with Crippen LogP contribution in [-0.2, 0) is 11.2 Å². The molecule has 0 aliphatic carbocycles. The fourth-order valence-corrected chi connectivity index (χ4v) is 4.08. The summed E-state index contributed by atoms with van der Waals surface area (Å²) in [5.74, 6) is -0.590. The van der Waals surface area contributed by atoms with Gasteiger partial charge < -0.3 is 9.69 Å². The van der Waals surface area contributed by atoms with Crippen molar-refractivity contribution in [3.05, 3.63) is 89.2 Å². The molecule has 0 saturated carbocycles. The molecular formula is C24H24ClF2N3O. The van der Waals surface area contributed by atoms with Gasteiger partial charge in [0.15, 0.2) is 0 Å². The van der Waals surface area contributed by atoms with Gasteiger partial charge in [0.05, 0.1) is 23.3 Å². The first-order chi connectivity index (χ1) is 14.7. The van der Waals surface area contributed by atoms with Gasteiger partial charge in [-0.2, -0.15) is 0 Å². The van der Waals surface area contributed by atoms with Gasteiger partial charge in [0.25, 0.3) is 6.43 Å². The predicted molar refractivity (Wildman–Crippen MR) is 121 cm³/mol. The summed E-state index contributed by atoms with van der Waals surface area (Å²) in [4.78, 5) is 17.9. The number of allylic oxidation sites excluding steroid dienone is 2. The Balaban J connectivity index is 2.26. The Labute approximate surface area is 185 Å². The highest BCUT2D eigenvalue weighted by atomic mass is 35.5. The molecule has 162 valence electrons. The topological polar surface area (TPSA) is 37.6 Å². The van der Waals surface area contributed by atoms with Crippen LogP contribution in [0.4, 0.5) is 14.5 Å². The third-order valence-electron chi connectivity index (χ3n) is 5.53. The number of halogens is 3. The van der Waals surface area contributed by atoms with Crippen LogP contribution in [0.15, 0.2) is 72.5 Å². The summed E-state index contributed by atoms with van der Waals surface area (Å²) in [5.41, 5.74) is 3.44. The van der Waals surface area contributed by atoms with Gasteiger partial charge in [-0.3, -0.25) is 9.56 Å². The largest absolute Gasteiger partial charge is 0.332 e. The summed E-state index contributed by atoms with van der Waals surface area (Å²) in [6.45, 7) is 13.7. The minimum absolute atomic E-state index is 0.379. The van der Waals surface area contributed by atoms with Gasteiger partial charge in [0.2, 0.25) is 0 Å². The quantitative estimate of drug-likeness (QED) is 0.442. The zero-order valence-corrected chi connectivity index (χ0v) is 18.2. The maximum Gasteiger partial charge on any atom is 0.278 e. The number of aromatic nitrogens is 1. The molecule has 3 rings (SSSR count). The van der Waals surface area contributed by atoms with E-state index >= 15 is 0 Å². The van der Waals surface area contributed by atoms with Crippen molar-refractivity contribution in [2.75, 3.05) is 11.9 Å². The maximum atomic E-state index is 13.5. The molecule has 1 fully saturated rings. The van der Waals surface area contributed by atoms with E-state index in [4.69, 9.17) is 11.6 Å². The average Bonchev–Trinajstić information content (AvgIpc) is 3.01. The molecular weight excluding hydrogens is 420 g/mol. The van der Waals surface area contributed by atoms with Crippen LogP contribution in [0, 0.1) is 5.92 Å². The van der Waals surface area contributed by atoms with Crippen LogP contribution in [0.3, 0.4) is 0 Å². The number of benzene rings is 1. The van der Waals surface area contributed by atoms with Crippen molar-refractivity contribution in [1.29, 1.82) is 0 Å². The highest BCUT2D eigenvalue weighted by Crippen LogP contribution is 2.47. The van der Waals surface area contributed by atoms with Crippen molar-refractivity contribution < 1.29 is 13.6 Å². The van der Waals surface area contributed by atoms with Gasteiger partial charge in [-0.1, -0.05) is 50.4 Å². The number of hydrogen-bond acceptors (Lipinski definition) is 3. The minimum Gasteiger partial charge on any atom is -0.332 e. The van der Waals surface area contributed by atoms with Crippen molar-refractivity contribution in [3.63, 3.8) is 0 Å². The number of aldehydes is 1. The van der Waals surface area contributed by atoms with Gasteiger partial charge in [-0.15, -0.1) is 0 Å². The zero-order valence-electron chi connectivity index (χ0n) is 17.5. The summed E-state index contributed by atoms with van der Waals surface area (Å²) < 4.78 is 28.4. The Bertz CT molecular complexity index is 1120.